The molecule has 2 aromatic carbocycles. The van der Waals surface area contributed by atoms with E-state index in [2.05, 4.69) is 10.3 Å². The van der Waals surface area contributed by atoms with E-state index >= 15 is 0 Å². The minimum Gasteiger partial charge on any atom is -0.494 e. The molecule has 0 spiro atoms. The Kier molecular flexibility index (Phi) is 5.74. The number of hydrogen-bond donors (Lipinski definition) is 1. The molecule has 6 heteroatoms. The van der Waals surface area contributed by atoms with Crippen LogP contribution in [0.4, 0.5) is 9.52 Å². The zero-order valence-corrected chi connectivity index (χ0v) is 14.3. The molecule has 0 fully saturated rings. The number of benzene rings is 2. The van der Waals surface area contributed by atoms with Gasteiger partial charge in [-0.15, -0.1) is 11.3 Å². The number of halogens is 1. The number of para-hydroxylation sites is 1. The third-order valence-electron chi connectivity index (χ3n) is 3.43. The molecule has 0 aliphatic rings. The first-order valence-electron chi connectivity index (χ1n) is 7.90. The van der Waals surface area contributed by atoms with E-state index in [1.807, 2.05) is 30.3 Å². The largest absolute Gasteiger partial charge is 0.494 e. The van der Waals surface area contributed by atoms with Crippen LogP contribution in [0.25, 0.3) is 11.3 Å². The van der Waals surface area contributed by atoms with Gasteiger partial charge >= 0.3 is 0 Å². The number of hydrogen-bond acceptors (Lipinski definition) is 4. The number of ether oxygens (including phenoxy) is 1. The third-order valence-corrected chi connectivity index (χ3v) is 4.19. The Morgan fingerprint density at radius 1 is 1.16 bits per heavy atom. The van der Waals surface area contributed by atoms with Gasteiger partial charge in [-0.05, 0) is 30.7 Å². The van der Waals surface area contributed by atoms with Gasteiger partial charge in [-0.1, -0.05) is 30.3 Å². The van der Waals surface area contributed by atoms with Gasteiger partial charge in [-0.25, -0.2) is 9.37 Å². The van der Waals surface area contributed by atoms with Crippen LogP contribution in [0.5, 0.6) is 5.75 Å². The van der Waals surface area contributed by atoms with Crippen LogP contribution in [0.1, 0.15) is 12.8 Å². The highest BCUT2D eigenvalue weighted by Crippen LogP contribution is 2.25. The Balaban J connectivity index is 1.45. The van der Waals surface area contributed by atoms with Crippen molar-refractivity contribution in [2.75, 3.05) is 11.9 Å². The number of aromatic nitrogens is 1. The Labute approximate surface area is 149 Å². The van der Waals surface area contributed by atoms with Crippen molar-refractivity contribution in [1.82, 2.24) is 4.98 Å². The Bertz CT molecular complexity index is 836. The molecule has 3 rings (SSSR count). The van der Waals surface area contributed by atoms with Crippen molar-refractivity contribution in [3.8, 4) is 17.0 Å². The lowest BCUT2D eigenvalue weighted by Gasteiger charge is -2.05. The normalized spacial score (nSPS) is 10.4. The van der Waals surface area contributed by atoms with Crippen LogP contribution in [-0.2, 0) is 4.79 Å². The molecule has 1 N–H and O–H groups in total. The van der Waals surface area contributed by atoms with E-state index in [0.717, 1.165) is 5.75 Å². The zero-order chi connectivity index (χ0) is 17.5. The van der Waals surface area contributed by atoms with Crippen molar-refractivity contribution < 1.29 is 13.9 Å². The van der Waals surface area contributed by atoms with E-state index in [1.54, 1.807) is 17.5 Å². The van der Waals surface area contributed by atoms with Crippen LogP contribution in [0.3, 0.4) is 0 Å². The first-order chi connectivity index (χ1) is 12.2. The second-order valence-corrected chi connectivity index (χ2v) is 6.22. The predicted molar refractivity (Wildman–Crippen MR) is 97.3 cm³/mol. The molecule has 0 aliphatic carbocycles. The lowest BCUT2D eigenvalue weighted by Crippen LogP contribution is -2.12. The summed E-state index contributed by atoms with van der Waals surface area (Å²) in [5, 5.41) is 5.07. The zero-order valence-electron chi connectivity index (χ0n) is 13.4. The molecule has 1 amide bonds. The molecule has 0 aliphatic heterocycles. The molecule has 0 saturated heterocycles. The molecule has 0 unspecified atom stereocenters. The van der Waals surface area contributed by atoms with Crippen molar-refractivity contribution in [2.24, 2.45) is 0 Å². The summed E-state index contributed by atoms with van der Waals surface area (Å²) in [6.07, 6.45) is 0.963. The molecule has 0 bridgehead atoms. The first-order valence-corrected chi connectivity index (χ1v) is 8.78. The van der Waals surface area contributed by atoms with Crippen LogP contribution in [0, 0.1) is 5.82 Å². The van der Waals surface area contributed by atoms with Crippen molar-refractivity contribution in [3.05, 3.63) is 65.8 Å². The number of carbonyl (C=O) groups excluding carboxylic acids is 1. The van der Waals surface area contributed by atoms with Crippen LogP contribution in [0.2, 0.25) is 0 Å². The SMILES string of the molecule is O=C(CCCOc1ccccc1)Nc1nc(-c2cccc(F)c2)cs1. The fourth-order valence-corrected chi connectivity index (χ4v) is 2.97. The molecule has 25 heavy (non-hydrogen) atoms. The van der Waals surface area contributed by atoms with Crippen molar-refractivity contribution in [1.29, 1.82) is 0 Å². The number of amides is 1. The monoisotopic (exact) mass is 356 g/mol. The lowest BCUT2D eigenvalue weighted by molar-refractivity contribution is -0.116. The van der Waals surface area contributed by atoms with E-state index in [-0.39, 0.29) is 11.7 Å². The van der Waals surface area contributed by atoms with E-state index in [9.17, 15) is 9.18 Å². The minimum atomic E-state index is -0.311. The Hall–Kier alpha value is -2.73. The van der Waals surface area contributed by atoms with Gasteiger partial charge in [0.15, 0.2) is 5.13 Å². The highest BCUT2D eigenvalue weighted by Gasteiger charge is 2.08. The summed E-state index contributed by atoms with van der Waals surface area (Å²) < 4.78 is 18.8. The number of carbonyl (C=O) groups is 1. The van der Waals surface area contributed by atoms with Gasteiger partial charge in [0.25, 0.3) is 0 Å². The van der Waals surface area contributed by atoms with Gasteiger partial charge < -0.3 is 10.1 Å². The average Bonchev–Trinajstić information content (AvgIpc) is 3.08. The minimum absolute atomic E-state index is 0.114. The maximum absolute atomic E-state index is 13.3. The number of anilines is 1. The average molecular weight is 356 g/mol. The molecule has 1 heterocycles. The summed E-state index contributed by atoms with van der Waals surface area (Å²) in [5.41, 5.74) is 1.33. The summed E-state index contributed by atoms with van der Waals surface area (Å²) in [4.78, 5) is 16.3. The maximum atomic E-state index is 13.3. The van der Waals surface area contributed by atoms with Gasteiger partial charge in [0.1, 0.15) is 11.6 Å². The fraction of sp³-hybridized carbons (Fsp3) is 0.158. The molecule has 0 saturated carbocycles. The molecule has 1 aromatic heterocycles. The molecular weight excluding hydrogens is 339 g/mol. The van der Waals surface area contributed by atoms with E-state index < -0.39 is 0 Å². The topological polar surface area (TPSA) is 51.2 Å². The van der Waals surface area contributed by atoms with Crippen molar-refractivity contribution >= 4 is 22.4 Å². The summed E-state index contributed by atoms with van der Waals surface area (Å²) in [7, 11) is 0. The first kappa shape index (κ1) is 17.1. The molecule has 0 radical (unpaired) electrons. The van der Waals surface area contributed by atoms with E-state index in [1.165, 1.54) is 23.5 Å². The number of nitrogens with zero attached hydrogens (tertiary/aromatic N) is 1. The van der Waals surface area contributed by atoms with Crippen molar-refractivity contribution in [2.45, 2.75) is 12.8 Å². The maximum Gasteiger partial charge on any atom is 0.226 e. The highest BCUT2D eigenvalue weighted by atomic mass is 32.1. The van der Waals surface area contributed by atoms with Gasteiger partial charge in [0, 0.05) is 17.4 Å². The summed E-state index contributed by atoms with van der Waals surface area (Å²) in [6.45, 7) is 0.476. The predicted octanol–water partition coefficient (Wildman–Crippen LogP) is 4.75. The quantitative estimate of drug-likeness (QED) is 0.622. The van der Waals surface area contributed by atoms with Crippen LogP contribution in [0.15, 0.2) is 60.0 Å². The smallest absolute Gasteiger partial charge is 0.226 e. The Morgan fingerprint density at radius 2 is 2.00 bits per heavy atom. The summed E-state index contributed by atoms with van der Waals surface area (Å²) in [6, 6.07) is 15.7. The van der Waals surface area contributed by atoms with E-state index in [4.69, 9.17) is 4.74 Å². The summed E-state index contributed by atoms with van der Waals surface area (Å²) >= 11 is 1.32. The number of nitrogens with one attached hydrogen (secondary N) is 1. The fourth-order valence-electron chi connectivity index (χ4n) is 2.23. The highest BCUT2D eigenvalue weighted by molar-refractivity contribution is 7.14. The Morgan fingerprint density at radius 3 is 2.80 bits per heavy atom. The van der Waals surface area contributed by atoms with Crippen LogP contribution in [-0.4, -0.2) is 17.5 Å². The van der Waals surface area contributed by atoms with Crippen molar-refractivity contribution in [3.63, 3.8) is 0 Å². The number of rotatable bonds is 7. The lowest BCUT2D eigenvalue weighted by atomic mass is 10.2. The van der Waals surface area contributed by atoms with Gasteiger partial charge in [0.05, 0.1) is 12.3 Å². The second-order valence-electron chi connectivity index (χ2n) is 5.36. The standard InChI is InChI=1S/C19H17FN2O2S/c20-15-7-4-6-14(12-15)17-13-25-19(21-17)22-18(23)10-5-11-24-16-8-2-1-3-9-16/h1-4,6-9,12-13H,5,10-11H2,(H,21,22,23). The van der Waals surface area contributed by atoms with Gasteiger partial charge in [-0.3, -0.25) is 4.79 Å². The second kappa shape index (κ2) is 8.39. The third kappa shape index (κ3) is 5.12. The van der Waals surface area contributed by atoms with Crippen LogP contribution < -0.4 is 10.1 Å². The van der Waals surface area contributed by atoms with E-state index in [0.29, 0.717) is 35.8 Å². The molecule has 3 aromatic rings. The molecular formula is C19H17FN2O2S. The molecule has 0 atom stereocenters. The van der Waals surface area contributed by atoms with Gasteiger partial charge in [0.2, 0.25) is 5.91 Å². The van der Waals surface area contributed by atoms with Crippen LogP contribution >= 0.6 is 11.3 Å². The number of thiazole rings is 1. The summed E-state index contributed by atoms with van der Waals surface area (Å²) in [5.74, 6) is 0.369. The molecule has 128 valence electrons. The molecule has 4 nitrogen and oxygen atoms in total. The van der Waals surface area contributed by atoms with Gasteiger partial charge in [-0.2, -0.15) is 0 Å².